The molecule has 0 saturated carbocycles. The Hall–Kier alpha value is -3.36. The minimum absolute atomic E-state index is 0.302. The molecule has 0 bridgehead atoms. The first-order valence-electron chi connectivity index (χ1n) is 10.6. The van der Waals surface area contributed by atoms with Gasteiger partial charge in [-0.3, -0.25) is 9.59 Å². The number of carbonyl (C=O) groups is 3. The molecule has 32 heavy (non-hydrogen) atoms. The zero-order valence-electron chi connectivity index (χ0n) is 18.5. The van der Waals surface area contributed by atoms with Crippen LogP contribution in [0.5, 0.6) is 5.75 Å². The van der Waals surface area contributed by atoms with Crippen molar-refractivity contribution in [2.75, 3.05) is 6.61 Å². The highest BCUT2D eigenvalue weighted by Crippen LogP contribution is 2.29. The maximum absolute atomic E-state index is 12.5. The number of rotatable bonds is 12. The van der Waals surface area contributed by atoms with E-state index in [1.165, 1.54) is 0 Å². The van der Waals surface area contributed by atoms with Crippen LogP contribution in [-0.2, 0) is 20.8 Å². The van der Waals surface area contributed by atoms with Crippen LogP contribution in [0.25, 0.3) is 11.0 Å². The lowest BCUT2D eigenvalue weighted by Crippen LogP contribution is -2.44. The Balaban J connectivity index is 2.16. The van der Waals surface area contributed by atoms with Crippen LogP contribution in [0.2, 0.25) is 0 Å². The summed E-state index contributed by atoms with van der Waals surface area (Å²) in [6.45, 7) is 5.19. The smallest absolute Gasteiger partial charge is 0.339 e. The normalized spacial score (nSPS) is 11.8. The second-order valence-electron chi connectivity index (χ2n) is 7.71. The third-order valence-electron chi connectivity index (χ3n) is 5.31. The largest absolute Gasteiger partial charge is 0.483 e. The van der Waals surface area contributed by atoms with Crippen LogP contribution in [0.4, 0.5) is 0 Å². The van der Waals surface area contributed by atoms with Gasteiger partial charge in [-0.05, 0) is 44.4 Å². The predicted molar refractivity (Wildman–Crippen MR) is 117 cm³/mol. The van der Waals surface area contributed by atoms with E-state index in [-0.39, 0.29) is 5.63 Å². The van der Waals surface area contributed by atoms with Gasteiger partial charge in [0, 0.05) is 16.5 Å². The van der Waals surface area contributed by atoms with Gasteiger partial charge in [0.05, 0.1) is 6.42 Å². The van der Waals surface area contributed by atoms with Crippen LogP contribution >= 0.6 is 0 Å². The van der Waals surface area contributed by atoms with Crippen molar-refractivity contribution in [3.8, 4) is 5.75 Å². The number of fused-ring (bicyclic) bond motifs is 1. The first-order valence-corrected chi connectivity index (χ1v) is 10.6. The van der Waals surface area contributed by atoms with E-state index in [1.54, 1.807) is 19.1 Å². The summed E-state index contributed by atoms with van der Waals surface area (Å²) in [5.74, 6) is -3.28. The Bertz CT molecular complexity index is 1060. The summed E-state index contributed by atoms with van der Waals surface area (Å²) in [4.78, 5) is 46.4. The predicted octanol–water partition coefficient (Wildman–Crippen LogP) is 2.96. The van der Waals surface area contributed by atoms with Crippen molar-refractivity contribution < 1.29 is 33.8 Å². The minimum atomic E-state index is -1.56. The molecule has 2 rings (SSSR count). The molecule has 0 aliphatic rings. The SMILES string of the molecule is CCCCCCc1c(C)c2ccc(OCC(=O)NC(CC(=O)O)C(=O)O)c(C)c2oc1=O. The van der Waals surface area contributed by atoms with Crippen molar-refractivity contribution in [3.05, 3.63) is 39.2 Å². The second-order valence-corrected chi connectivity index (χ2v) is 7.71. The molecule has 1 heterocycles. The average molecular weight is 447 g/mol. The molecule has 0 radical (unpaired) electrons. The maximum Gasteiger partial charge on any atom is 0.339 e. The van der Waals surface area contributed by atoms with Crippen LogP contribution in [-0.4, -0.2) is 40.7 Å². The minimum Gasteiger partial charge on any atom is -0.483 e. The molecular formula is C23H29NO8. The summed E-state index contributed by atoms with van der Waals surface area (Å²) in [6.07, 6.45) is 4.11. The van der Waals surface area contributed by atoms with Crippen molar-refractivity contribution in [2.45, 2.75) is 65.3 Å². The third kappa shape index (κ3) is 6.32. The van der Waals surface area contributed by atoms with Crippen molar-refractivity contribution in [2.24, 2.45) is 0 Å². The van der Waals surface area contributed by atoms with E-state index in [2.05, 4.69) is 12.2 Å². The molecule has 1 unspecified atom stereocenters. The number of hydrogen-bond donors (Lipinski definition) is 3. The Labute approximate surface area is 185 Å². The number of ether oxygens (including phenoxy) is 1. The van der Waals surface area contributed by atoms with Crippen molar-refractivity contribution in [1.82, 2.24) is 5.32 Å². The van der Waals surface area contributed by atoms with E-state index in [0.717, 1.165) is 36.6 Å². The molecule has 9 nitrogen and oxygen atoms in total. The van der Waals surface area contributed by atoms with E-state index in [9.17, 15) is 19.2 Å². The van der Waals surface area contributed by atoms with Gasteiger partial charge in [-0.1, -0.05) is 26.2 Å². The second kappa shape index (κ2) is 11.3. The van der Waals surface area contributed by atoms with E-state index >= 15 is 0 Å². The number of aryl methyl sites for hydroxylation is 2. The van der Waals surface area contributed by atoms with Gasteiger partial charge in [-0.25, -0.2) is 9.59 Å². The molecule has 2 aromatic rings. The number of carboxylic acids is 2. The molecule has 0 saturated heterocycles. The van der Waals surface area contributed by atoms with Gasteiger partial charge in [0.1, 0.15) is 17.4 Å². The fourth-order valence-corrected chi connectivity index (χ4v) is 3.50. The molecule has 1 atom stereocenters. The average Bonchev–Trinajstić information content (AvgIpc) is 2.72. The van der Waals surface area contributed by atoms with Crippen LogP contribution in [0, 0.1) is 13.8 Å². The number of carbonyl (C=O) groups excluding carboxylic acids is 1. The van der Waals surface area contributed by atoms with Crippen molar-refractivity contribution >= 4 is 28.8 Å². The molecule has 0 aliphatic carbocycles. The van der Waals surface area contributed by atoms with Gasteiger partial charge in [0.2, 0.25) is 0 Å². The zero-order chi connectivity index (χ0) is 23.8. The van der Waals surface area contributed by atoms with Crippen LogP contribution in [0.3, 0.4) is 0 Å². The number of amides is 1. The first kappa shape index (κ1) is 24.9. The lowest BCUT2D eigenvalue weighted by Gasteiger charge is -2.15. The van der Waals surface area contributed by atoms with E-state index in [0.29, 0.717) is 28.9 Å². The summed E-state index contributed by atoms with van der Waals surface area (Å²) in [5.41, 5.74) is 2.05. The van der Waals surface area contributed by atoms with Gasteiger partial charge in [-0.15, -0.1) is 0 Å². The van der Waals surface area contributed by atoms with E-state index < -0.39 is 36.9 Å². The molecule has 0 fully saturated rings. The number of benzene rings is 1. The standard InChI is InChI=1S/C23H29NO8/c1-4-5-6-7-8-16-13(2)15-9-10-18(14(3)21(15)32-23(16)30)31-12-19(25)24-17(22(28)29)11-20(26)27/h9-10,17H,4-8,11-12H2,1-3H3,(H,24,25)(H,26,27)(H,28,29). The summed E-state index contributed by atoms with van der Waals surface area (Å²) in [7, 11) is 0. The number of nitrogens with one attached hydrogen (secondary N) is 1. The van der Waals surface area contributed by atoms with Crippen molar-refractivity contribution in [1.29, 1.82) is 0 Å². The Morgan fingerprint density at radius 3 is 2.44 bits per heavy atom. The highest BCUT2D eigenvalue weighted by atomic mass is 16.5. The molecule has 1 amide bonds. The summed E-state index contributed by atoms with van der Waals surface area (Å²) in [6, 6.07) is 1.86. The maximum atomic E-state index is 12.5. The lowest BCUT2D eigenvalue weighted by molar-refractivity contribution is -0.147. The molecule has 1 aromatic carbocycles. The Kier molecular flexibility index (Phi) is 8.80. The molecule has 0 spiro atoms. The first-order chi connectivity index (χ1) is 15.1. The van der Waals surface area contributed by atoms with Gasteiger partial charge in [0.25, 0.3) is 5.91 Å². The van der Waals surface area contributed by atoms with Gasteiger partial charge in [0.15, 0.2) is 6.61 Å². The van der Waals surface area contributed by atoms with Gasteiger partial charge < -0.3 is 24.7 Å². The van der Waals surface area contributed by atoms with Gasteiger partial charge >= 0.3 is 17.6 Å². The molecule has 3 N–H and O–H groups in total. The quantitative estimate of drug-likeness (QED) is 0.333. The summed E-state index contributed by atoms with van der Waals surface area (Å²) >= 11 is 0. The Morgan fingerprint density at radius 1 is 1.09 bits per heavy atom. The lowest BCUT2D eigenvalue weighted by atomic mass is 9.99. The summed E-state index contributed by atoms with van der Waals surface area (Å²) < 4.78 is 11.0. The molecule has 174 valence electrons. The van der Waals surface area contributed by atoms with E-state index in [1.807, 2.05) is 6.92 Å². The highest BCUT2D eigenvalue weighted by molar-refractivity contribution is 5.88. The number of hydrogen-bond acceptors (Lipinski definition) is 6. The monoisotopic (exact) mass is 447 g/mol. The third-order valence-corrected chi connectivity index (χ3v) is 5.31. The van der Waals surface area contributed by atoms with Crippen molar-refractivity contribution in [3.63, 3.8) is 0 Å². The molecule has 0 aliphatic heterocycles. The molecule has 9 heteroatoms. The van der Waals surface area contributed by atoms with Crippen LogP contribution < -0.4 is 15.7 Å². The fraction of sp³-hybridized carbons (Fsp3) is 0.478. The topological polar surface area (TPSA) is 143 Å². The number of aliphatic carboxylic acids is 2. The summed E-state index contributed by atoms with van der Waals surface area (Å²) in [5, 5.41) is 20.7. The fourth-order valence-electron chi connectivity index (χ4n) is 3.50. The molecular weight excluding hydrogens is 418 g/mol. The number of carboxylic acid groups (broad SMARTS) is 2. The molecule has 1 aromatic heterocycles. The number of unbranched alkanes of at least 4 members (excludes halogenated alkanes) is 3. The van der Waals surface area contributed by atoms with Crippen LogP contribution in [0.15, 0.2) is 21.3 Å². The van der Waals surface area contributed by atoms with Gasteiger partial charge in [-0.2, -0.15) is 0 Å². The zero-order valence-corrected chi connectivity index (χ0v) is 18.5. The van der Waals surface area contributed by atoms with Crippen LogP contribution in [0.1, 0.15) is 55.7 Å². The highest BCUT2D eigenvalue weighted by Gasteiger charge is 2.23. The van der Waals surface area contributed by atoms with E-state index in [4.69, 9.17) is 19.4 Å². The Morgan fingerprint density at radius 2 is 1.81 bits per heavy atom.